The minimum Gasteiger partial charge on any atom is -0.465 e. The van der Waals surface area contributed by atoms with E-state index in [1.807, 2.05) is 83.4 Å². The van der Waals surface area contributed by atoms with Crippen molar-refractivity contribution in [2.24, 2.45) is 5.41 Å². The third-order valence-corrected chi connectivity index (χ3v) is 16.4. The van der Waals surface area contributed by atoms with Gasteiger partial charge in [-0.25, -0.2) is 0 Å². The van der Waals surface area contributed by atoms with Crippen molar-refractivity contribution in [3.8, 4) is 0 Å². The lowest BCUT2D eigenvalue weighted by atomic mass is 9.91. The van der Waals surface area contributed by atoms with E-state index >= 15 is 0 Å². The predicted molar refractivity (Wildman–Crippen MR) is 247 cm³/mol. The lowest BCUT2D eigenvalue weighted by molar-refractivity contribution is -0.154. The highest BCUT2D eigenvalue weighted by atomic mass is 28.4. The monoisotopic (exact) mass is 862 g/mol. The van der Waals surface area contributed by atoms with Gasteiger partial charge in [-0.05, 0) is 130 Å². The molecule has 0 aliphatic rings. The van der Waals surface area contributed by atoms with E-state index < -0.39 is 34.0 Å². The lowest BCUT2D eigenvalue weighted by Gasteiger charge is -2.20. The molecule has 3 atom stereocenters. The first-order chi connectivity index (χ1) is 26.0. The molecule has 3 aromatic carbocycles. The summed E-state index contributed by atoms with van der Waals surface area (Å²) in [5.74, 6) is 1.47. The number of carbonyl (C=O) groups excluding carboxylic acids is 1. The van der Waals surface area contributed by atoms with Gasteiger partial charge in [-0.2, -0.15) is 0 Å². The van der Waals surface area contributed by atoms with Crippen molar-refractivity contribution < 1.29 is 43.1 Å². The van der Waals surface area contributed by atoms with Gasteiger partial charge in [0.25, 0.3) is 0 Å². The highest BCUT2D eigenvalue weighted by Crippen LogP contribution is 2.22. The summed E-state index contributed by atoms with van der Waals surface area (Å²) in [6, 6.07) is 23.7. The Morgan fingerprint density at radius 3 is 1.18 bits per heavy atom. The Balaban J connectivity index is 0.000000734. The first kappa shape index (κ1) is 54.7. The smallest absolute Gasteiger partial charge is 0.465 e. The van der Waals surface area contributed by atoms with Gasteiger partial charge in [-0.3, -0.25) is 4.79 Å². The normalized spacial score (nSPS) is 13.7. The van der Waals surface area contributed by atoms with E-state index in [2.05, 4.69) is 65.8 Å². The van der Waals surface area contributed by atoms with Crippen LogP contribution in [0.5, 0.6) is 0 Å². The molecule has 0 saturated carbocycles. The zero-order valence-electron chi connectivity index (χ0n) is 37.6. The molecule has 3 unspecified atom stereocenters. The van der Waals surface area contributed by atoms with Crippen molar-refractivity contribution in [2.45, 2.75) is 151 Å². The molecule has 0 fully saturated rings. The molecule has 9 nitrogen and oxygen atoms in total. The van der Waals surface area contributed by atoms with E-state index in [0.717, 1.165) is 42.5 Å². The second kappa shape index (κ2) is 24.7. The van der Waals surface area contributed by atoms with Crippen molar-refractivity contribution in [1.29, 1.82) is 0 Å². The molecular formula is C44H78O9Si4. The van der Waals surface area contributed by atoms with E-state index in [1.165, 1.54) is 24.1 Å². The van der Waals surface area contributed by atoms with Crippen molar-refractivity contribution in [3.63, 3.8) is 0 Å². The third kappa shape index (κ3) is 22.1. The number of esters is 1. The minimum absolute atomic E-state index is 0.137. The van der Waals surface area contributed by atoms with Crippen LogP contribution in [0.25, 0.3) is 0 Å². The number of hydrogen-bond acceptors (Lipinski definition) is 9. The highest BCUT2D eigenvalue weighted by Gasteiger charge is 2.30. The van der Waals surface area contributed by atoms with Crippen molar-refractivity contribution in [2.75, 3.05) is 6.61 Å². The summed E-state index contributed by atoms with van der Waals surface area (Å²) in [5, 5.41) is 2.01. The van der Waals surface area contributed by atoms with Crippen LogP contribution in [0.2, 0.25) is 38.8 Å². The van der Waals surface area contributed by atoms with Gasteiger partial charge in [0.15, 0.2) is 8.32 Å². The SMILES string of the molecule is CCC(C)(C)C(=O)OCCC[Si](C)(C)O.CCC(C)c1ccc([Si](C)(C)O)cc1.CCC(C)c1ccc([Si](C)(O)O)cc1.CCC(C)c1ccc([Si](O)(O)O)cc1. The van der Waals surface area contributed by atoms with Gasteiger partial charge in [0.1, 0.15) is 0 Å². The maximum Gasteiger partial charge on any atom is 0.528 e. The van der Waals surface area contributed by atoms with Crippen LogP contribution in [-0.2, 0) is 9.53 Å². The van der Waals surface area contributed by atoms with Gasteiger partial charge < -0.3 is 38.3 Å². The zero-order chi connectivity index (χ0) is 44.4. The molecule has 0 amide bonds. The average molecular weight is 863 g/mol. The number of benzene rings is 3. The van der Waals surface area contributed by atoms with Gasteiger partial charge in [-0.15, -0.1) is 0 Å². The number of ether oxygens (including phenoxy) is 1. The van der Waals surface area contributed by atoms with E-state index in [1.54, 1.807) is 12.1 Å². The molecule has 0 aliphatic carbocycles. The first-order valence-corrected chi connectivity index (χ1v) is 30.9. The largest absolute Gasteiger partial charge is 0.528 e. The van der Waals surface area contributed by atoms with Crippen LogP contribution in [0, 0.1) is 5.41 Å². The first-order valence-electron chi connectivity index (χ1n) is 20.6. The molecule has 3 rings (SSSR count). The van der Waals surface area contributed by atoms with Gasteiger partial charge in [0.2, 0.25) is 8.32 Å². The minimum atomic E-state index is -4.10. The van der Waals surface area contributed by atoms with Crippen LogP contribution < -0.4 is 15.6 Å². The molecule has 13 heteroatoms. The van der Waals surface area contributed by atoms with Gasteiger partial charge in [0, 0.05) is 5.19 Å². The maximum absolute atomic E-state index is 11.5. The quantitative estimate of drug-likeness (QED) is 0.0487. The molecule has 0 aliphatic heterocycles. The summed E-state index contributed by atoms with van der Waals surface area (Å²) < 4.78 is 5.17. The summed E-state index contributed by atoms with van der Waals surface area (Å²) in [4.78, 5) is 77.1. The Morgan fingerprint density at radius 1 is 0.579 bits per heavy atom. The Morgan fingerprint density at radius 2 is 0.912 bits per heavy atom. The molecule has 57 heavy (non-hydrogen) atoms. The molecule has 0 bridgehead atoms. The second-order valence-corrected chi connectivity index (χ2v) is 29.6. The van der Waals surface area contributed by atoms with Crippen molar-refractivity contribution in [1.82, 2.24) is 0 Å². The van der Waals surface area contributed by atoms with E-state index in [0.29, 0.717) is 29.5 Å². The second-order valence-electron chi connectivity index (χ2n) is 17.3. The maximum atomic E-state index is 11.5. The summed E-state index contributed by atoms with van der Waals surface area (Å²) >= 11 is 0. The summed E-state index contributed by atoms with van der Waals surface area (Å²) in [7, 11) is -11.3. The van der Waals surface area contributed by atoms with Crippen LogP contribution in [0.3, 0.4) is 0 Å². The Hall–Kier alpha value is -2.28. The molecular weight excluding hydrogens is 785 g/mol. The Bertz CT molecular complexity index is 1390. The van der Waals surface area contributed by atoms with E-state index in [4.69, 9.17) is 19.1 Å². The molecule has 0 aromatic heterocycles. The molecule has 0 saturated heterocycles. The third-order valence-electron chi connectivity index (χ3n) is 10.5. The van der Waals surface area contributed by atoms with Crippen molar-refractivity contribution in [3.05, 3.63) is 89.5 Å². The van der Waals surface area contributed by atoms with Gasteiger partial charge in [0.05, 0.1) is 12.0 Å². The van der Waals surface area contributed by atoms with Crippen LogP contribution in [0.1, 0.15) is 129 Å². The molecule has 0 heterocycles. The molecule has 324 valence electrons. The lowest BCUT2D eigenvalue weighted by Crippen LogP contribution is -2.48. The Labute approximate surface area is 349 Å². The van der Waals surface area contributed by atoms with Gasteiger partial charge in [-0.1, -0.05) is 121 Å². The van der Waals surface area contributed by atoms with Gasteiger partial charge >= 0.3 is 23.3 Å². The predicted octanol–water partition coefficient (Wildman–Crippen LogP) is 6.94. The van der Waals surface area contributed by atoms with Crippen molar-refractivity contribution >= 4 is 55.5 Å². The topological polar surface area (TPSA) is 168 Å². The van der Waals surface area contributed by atoms with E-state index in [9.17, 15) is 24.0 Å². The molecule has 0 radical (unpaired) electrons. The van der Waals surface area contributed by atoms with E-state index in [-0.39, 0.29) is 16.6 Å². The summed E-state index contributed by atoms with van der Waals surface area (Å²) in [6.45, 7) is 28.3. The summed E-state index contributed by atoms with van der Waals surface area (Å²) in [5.41, 5.74) is 3.39. The fourth-order valence-corrected chi connectivity index (χ4v) is 8.50. The van der Waals surface area contributed by atoms with Crippen LogP contribution in [0.4, 0.5) is 0 Å². The average Bonchev–Trinajstić information content (AvgIpc) is 3.15. The molecule has 3 aromatic rings. The zero-order valence-corrected chi connectivity index (χ0v) is 41.6. The molecule has 0 spiro atoms. The number of hydrogen-bond donors (Lipinski definition) is 7. The van der Waals surface area contributed by atoms with Crippen LogP contribution in [-0.4, -0.2) is 80.1 Å². The summed E-state index contributed by atoms with van der Waals surface area (Å²) in [6.07, 6.45) is 4.86. The fourth-order valence-electron chi connectivity index (χ4n) is 5.10. The number of rotatable bonds is 15. The number of carbonyl (C=O) groups is 1. The highest BCUT2D eigenvalue weighted by molar-refractivity contribution is 6.83. The Kier molecular flexibility index (Phi) is 23.7. The fraction of sp³-hybridized carbons (Fsp3) is 0.568. The standard InChI is InChI=1S/C12H20OSi.C11H24O3Si.C11H18O2Si.C10H16O3Si/c1-5-10(2)11-6-8-12(9-7-11)14(3,4)13;1-6-11(2,3)10(12)14-8-7-9-15(4,5)13;1-4-9(2)10-5-7-11(8-6-10)14(3,12)13;1-3-8(2)9-4-6-10(7-5-9)14(11,12)13/h6-10,13H,5H2,1-4H3;13H,6-9H2,1-5H3;5-9,12-13H,4H2,1-3H3;4-8,11-13H,3H2,1-2H3. The molecule has 7 N–H and O–H groups in total. The van der Waals surface area contributed by atoms with Crippen LogP contribution in [0.15, 0.2) is 72.8 Å². The van der Waals surface area contributed by atoms with Crippen LogP contribution >= 0.6 is 0 Å².